The fourth-order valence-electron chi connectivity index (χ4n) is 0.405. The Morgan fingerprint density at radius 1 is 1.45 bits per heavy atom. The Kier molecular flexibility index (Phi) is 2.50. The average Bonchev–Trinajstić information content (AvgIpc) is 1.83. The van der Waals surface area contributed by atoms with E-state index in [0.717, 1.165) is 7.05 Å². The van der Waals surface area contributed by atoms with E-state index in [4.69, 9.17) is 0 Å². The number of hydrogen-bond acceptors (Lipinski definition) is 2. The second-order valence-corrected chi connectivity index (χ2v) is 2.24. The SMILES string of the molecule is CNC(C)(C(N)=O)C(F)(F)F. The van der Waals surface area contributed by atoms with E-state index < -0.39 is 17.6 Å². The minimum Gasteiger partial charge on any atom is -0.368 e. The molecule has 3 N–H and O–H groups in total. The highest BCUT2D eigenvalue weighted by molar-refractivity contribution is 5.85. The Morgan fingerprint density at radius 2 is 1.82 bits per heavy atom. The average molecular weight is 170 g/mol. The van der Waals surface area contributed by atoms with Crippen molar-refractivity contribution >= 4 is 5.91 Å². The summed E-state index contributed by atoms with van der Waals surface area (Å²) in [6.07, 6.45) is -4.66. The van der Waals surface area contributed by atoms with Gasteiger partial charge in [0, 0.05) is 0 Å². The topological polar surface area (TPSA) is 55.1 Å². The quantitative estimate of drug-likeness (QED) is 0.613. The molecule has 3 nitrogen and oxygen atoms in total. The number of rotatable bonds is 2. The van der Waals surface area contributed by atoms with Gasteiger partial charge in [0.15, 0.2) is 5.54 Å². The molecule has 0 spiro atoms. The lowest BCUT2D eigenvalue weighted by Gasteiger charge is -2.27. The van der Waals surface area contributed by atoms with E-state index in [0.29, 0.717) is 6.92 Å². The van der Waals surface area contributed by atoms with Gasteiger partial charge in [-0.2, -0.15) is 13.2 Å². The van der Waals surface area contributed by atoms with E-state index in [2.05, 4.69) is 5.73 Å². The van der Waals surface area contributed by atoms with E-state index in [-0.39, 0.29) is 0 Å². The molecule has 6 heteroatoms. The van der Waals surface area contributed by atoms with Crippen molar-refractivity contribution in [1.82, 2.24) is 5.32 Å². The van der Waals surface area contributed by atoms with Crippen molar-refractivity contribution in [2.24, 2.45) is 5.73 Å². The maximum atomic E-state index is 12.0. The molecule has 0 rings (SSSR count). The zero-order valence-corrected chi connectivity index (χ0v) is 6.12. The largest absolute Gasteiger partial charge is 0.415 e. The lowest BCUT2D eigenvalue weighted by Crippen LogP contribution is -2.61. The van der Waals surface area contributed by atoms with Crippen molar-refractivity contribution in [3.8, 4) is 0 Å². The number of carbonyl (C=O) groups is 1. The summed E-state index contributed by atoms with van der Waals surface area (Å²) in [5, 5.41) is 1.82. The first kappa shape index (κ1) is 10.2. The first-order valence-corrected chi connectivity index (χ1v) is 2.81. The molecule has 0 fully saturated rings. The van der Waals surface area contributed by atoms with Gasteiger partial charge in [0.2, 0.25) is 5.91 Å². The van der Waals surface area contributed by atoms with Crippen LogP contribution in [0.3, 0.4) is 0 Å². The summed E-state index contributed by atoms with van der Waals surface area (Å²) in [5.41, 5.74) is 1.91. The highest BCUT2D eigenvalue weighted by Crippen LogP contribution is 2.29. The molecule has 1 amide bonds. The monoisotopic (exact) mass is 170 g/mol. The number of likely N-dealkylation sites (N-methyl/N-ethyl adjacent to an activating group) is 1. The highest BCUT2D eigenvalue weighted by Gasteiger charge is 2.54. The summed E-state index contributed by atoms with van der Waals surface area (Å²) < 4.78 is 36.0. The molecule has 0 aliphatic rings. The molecule has 1 atom stereocenters. The predicted octanol–water partition coefficient (Wildman–Crippen LogP) is 0.0121. The third kappa shape index (κ3) is 1.62. The second-order valence-electron chi connectivity index (χ2n) is 2.24. The Labute approximate surface area is 61.7 Å². The number of nitrogens with one attached hydrogen (secondary N) is 1. The normalized spacial score (nSPS) is 17.5. The number of amides is 1. The molecule has 0 aromatic heterocycles. The molecule has 0 aliphatic carbocycles. The van der Waals surface area contributed by atoms with Gasteiger partial charge >= 0.3 is 6.18 Å². The first-order valence-electron chi connectivity index (χ1n) is 2.81. The van der Waals surface area contributed by atoms with Gasteiger partial charge in [-0.15, -0.1) is 0 Å². The van der Waals surface area contributed by atoms with Gasteiger partial charge in [0.25, 0.3) is 0 Å². The molecular formula is C5H9F3N2O. The fraction of sp³-hybridized carbons (Fsp3) is 0.800. The van der Waals surface area contributed by atoms with Crippen LogP contribution in [0.2, 0.25) is 0 Å². The lowest BCUT2D eigenvalue weighted by atomic mass is 10.0. The Bertz CT molecular complexity index is 168. The molecule has 0 aromatic rings. The number of primary amides is 1. The molecule has 0 radical (unpaired) electrons. The molecule has 0 saturated heterocycles. The summed E-state index contributed by atoms with van der Waals surface area (Å²) in [6.45, 7) is 0.690. The predicted molar refractivity (Wildman–Crippen MR) is 32.7 cm³/mol. The summed E-state index contributed by atoms with van der Waals surface area (Å²) in [5.74, 6) is -1.44. The molecule has 0 aromatic carbocycles. The van der Waals surface area contributed by atoms with Gasteiger partial charge in [-0.25, -0.2) is 0 Å². The van der Waals surface area contributed by atoms with Crippen LogP contribution in [0.5, 0.6) is 0 Å². The maximum absolute atomic E-state index is 12.0. The zero-order chi connectivity index (χ0) is 9.28. The van der Waals surface area contributed by atoms with Crippen LogP contribution >= 0.6 is 0 Å². The number of nitrogens with two attached hydrogens (primary N) is 1. The third-order valence-corrected chi connectivity index (χ3v) is 1.56. The Morgan fingerprint density at radius 3 is 1.82 bits per heavy atom. The van der Waals surface area contributed by atoms with Crippen molar-refractivity contribution in [1.29, 1.82) is 0 Å². The van der Waals surface area contributed by atoms with Gasteiger partial charge in [0.1, 0.15) is 0 Å². The third-order valence-electron chi connectivity index (χ3n) is 1.56. The van der Waals surface area contributed by atoms with Crippen LogP contribution in [0.15, 0.2) is 0 Å². The van der Waals surface area contributed by atoms with Gasteiger partial charge < -0.3 is 5.73 Å². The van der Waals surface area contributed by atoms with Crippen LogP contribution in [0.25, 0.3) is 0 Å². The standard InChI is InChI=1S/C5H9F3N2O/c1-4(10-2,3(9)11)5(6,7)8/h10H,1-2H3,(H2,9,11). The van der Waals surface area contributed by atoms with Gasteiger partial charge in [-0.05, 0) is 14.0 Å². The Balaban J connectivity index is 4.75. The molecular weight excluding hydrogens is 161 g/mol. The Hall–Kier alpha value is -0.780. The van der Waals surface area contributed by atoms with Crippen LogP contribution < -0.4 is 11.1 Å². The molecule has 0 aliphatic heterocycles. The van der Waals surface area contributed by atoms with Gasteiger partial charge in [-0.3, -0.25) is 10.1 Å². The number of carbonyl (C=O) groups excluding carboxylic acids is 1. The van der Waals surface area contributed by atoms with Crippen molar-refractivity contribution in [3.05, 3.63) is 0 Å². The van der Waals surface area contributed by atoms with Crippen LogP contribution in [0, 0.1) is 0 Å². The fourth-order valence-corrected chi connectivity index (χ4v) is 0.405. The smallest absolute Gasteiger partial charge is 0.368 e. The minimum absolute atomic E-state index is 0.690. The number of hydrogen-bond donors (Lipinski definition) is 2. The lowest BCUT2D eigenvalue weighted by molar-refractivity contribution is -0.192. The molecule has 0 bridgehead atoms. The van der Waals surface area contributed by atoms with E-state index >= 15 is 0 Å². The van der Waals surface area contributed by atoms with Crippen LogP contribution in [-0.4, -0.2) is 24.7 Å². The maximum Gasteiger partial charge on any atom is 0.415 e. The molecule has 0 saturated carbocycles. The summed E-state index contributed by atoms with van der Waals surface area (Å²) >= 11 is 0. The number of halogens is 3. The van der Waals surface area contributed by atoms with Crippen LogP contribution in [0.1, 0.15) is 6.92 Å². The first-order chi connectivity index (χ1) is 4.75. The molecule has 1 unspecified atom stereocenters. The van der Waals surface area contributed by atoms with E-state index in [9.17, 15) is 18.0 Å². The van der Waals surface area contributed by atoms with E-state index in [1.54, 1.807) is 0 Å². The van der Waals surface area contributed by atoms with Crippen molar-refractivity contribution in [2.45, 2.75) is 18.6 Å². The summed E-state index contributed by atoms with van der Waals surface area (Å²) in [7, 11) is 1.03. The van der Waals surface area contributed by atoms with Crippen molar-refractivity contribution < 1.29 is 18.0 Å². The highest BCUT2D eigenvalue weighted by atomic mass is 19.4. The molecule has 11 heavy (non-hydrogen) atoms. The summed E-state index contributed by atoms with van der Waals surface area (Å²) in [4.78, 5) is 10.3. The molecule has 0 heterocycles. The second kappa shape index (κ2) is 2.69. The van der Waals surface area contributed by atoms with Crippen LogP contribution in [0.4, 0.5) is 13.2 Å². The van der Waals surface area contributed by atoms with Crippen molar-refractivity contribution in [2.75, 3.05) is 7.05 Å². The van der Waals surface area contributed by atoms with Gasteiger partial charge in [-0.1, -0.05) is 0 Å². The van der Waals surface area contributed by atoms with E-state index in [1.165, 1.54) is 0 Å². The van der Waals surface area contributed by atoms with Gasteiger partial charge in [0.05, 0.1) is 0 Å². The zero-order valence-electron chi connectivity index (χ0n) is 6.12. The minimum atomic E-state index is -4.66. The number of alkyl halides is 3. The van der Waals surface area contributed by atoms with Crippen LogP contribution in [-0.2, 0) is 4.79 Å². The summed E-state index contributed by atoms with van der Waals surface area (Å²) in [6, 6.07) is 0. The van der Waals surface area contributed by atoms with Crippen molar-refractivity contribution in [3.63, 3.8) is 0 Å². The molecule has 66 valence electrons. The van der Waals surface area contributed by atoms with E-state index in [1.807, 2.05) is 5.32 Å².